The quantitative estimate of drug-likeness (QED) is 0.512. The molecule has 2 N–H and O–H groups in total. The maximum atomic E-state index is 13.4. The summed E-state index contributed by atoms with van der Waals surface area (Å²) in [6, 6.07) is -0.912. The zero-order valence-corrected chi connectivity index (χ0v) is 20.6. The van der Waals surface area contributed by atoms with Crippen molar-refractivity contribution in [2.75, 3.05) is 13.6 Å². The number of piperidine rings is 1. The fraction of sp³-hybridized carbons (Fsp3) is 0.792. The van der Waals surface area contributed by atoms with Gasteiger partial charge in [-0.15, -0.1) is 0 Å². The third-order valence-electron chi connectivity index (χ3n) is 6.47. The second-order valence-electron chi connectivity index (χ2n) is 9.58. The van der Waals surface area contributed by atoms with E-state index in [2.05, 4.69) is 24.1 Å². The Morgan fingerprint density at radius 2 is 1.74 bits per heavy atom. The van der Waals surface area contributed by atoms with E-state index in [1.54, 1.807) is 18.0 Å². The van der Waals surface area contributed by atoms with Crippen LogP contribution < -0.4 is 5.32 Å². The highest BCUT2D eigenvalue weighted by Gasteiger charge is 2.36. The van der Waals surface area contributed by atoms with Crippen LogP contribution in [0.2, 0.25) is 0 Å². The van der Waals surface area contributed by atoms with Gasteiger partial charge in [-0.3, -0.25) is 14.5 Å². The molecule has 7 heteroatoms. The Morgan fingerprint density at radius 1 is 1.13 bits per heavy atom. The highest BCUT2D eigenvalue weighted by Crippen LogP contribution is 2.22. The monoisotopic (exact) mass is 437 g/mol. The standard InChI is InChI=1S/C24H43N3O4/c1-9-18(7)27-13-11-10-12-19(27)22(28)25-21(16(4)5)23(29)26(8)20(15(2)3)14-17(6)24(30)31/h14-16,18-21H,9-13H2,1-8H3,(H,25,28)(H,30,31)/t18?,19-,20-,21+/m1/s1. The molecule has 1 heterocycles. The molecule has 0 spiro atoms. The largest absolute Gasteiger partial charge is 0.478 e. The summed E-state index contributed by atoms with van der Waals surface area (Å²) >= 11 is 0. The minimum atomic E-state index is -0.998. The molecule has 0 saturated carbocycles. The maximum Gasteiger partial charge on any atom is 0.331 e. The number of amides is 2. The van der Waals surface area contributed by atoms with Crippen molar-refractivity contribution < 1.29 is 19.5 Å². The molecular formula is C24H43N3O4. The van der Waals surface area contributed by atoms with E-state index in [-0.39, 0.29) is 41.3 Å². The van der Waals surface area contributed by atoms with Crippen LogP contribution >= 0.6 is 0 Å². The van der Waals surface area contributed by atoms with Gasteiger partial charge in [0, 0.05) is 18.7 Å². The van der Waals surface area contributed by atoms with Gasteiger partial charge < -0.3 is 15.3 Å². The fourth-order valence-corrected chi connectivity index (χ4v) is 4.21. The molecule has 0 aromatic heterocycles. The fourth-order valence-electron chi connectivity index (χ4n) is 4.21. The Morgan fingerprint density at radius 3 is 2.23 bits per heavy atom. The van der Waals surface area contributed by atoms with Gasteiger partial charge in [-0.25, -0.2) is 4.79 Å². The summed E-state index contributed by atoms with van der Waals surface area (Å²) < 4.78 is 0. The Kier molecular flexibility index (Phi) is 10.7. The average molecular weight is 438 g/mol. The predicted molar refractivity (Wildman–Crippen MR) is 124 cm³/mol. The van der Waals surface area contributed by atoms with E-state index in [0.717, 1.165) is 32.2 Å². The Labute approximate surface area is 188 Å². The summed E-state index contributed by atoms with van der Waals surface area (Å²) in [5.41, 5.74) is 0.204. The van der Waals surface area contributed by atoms with E-state index in [0.29, 0.717) is 6.04 Å². The van der Waals surface area contributed by atoms with E-state index in [1.807, 2.05) is 27.7 Å². The van der Waals surface area contributed by atoms with Crippen molar-refractivity contribution in [1.29, 1.82) is 0 Å². The molecule has 178 valence electrons. The lowest BCUT2D eigenvalue weighted by atomic mass is 9.95. The molecular weight excluding hydrogens is 394 g/mol. The minimum absolute atomic E-state index is 0.0333. The molecule has 1 aliphatic rings. The van der Waals surface area contributed by atoms with Crippen LogP contribution in [-0.4, -0.2) is 70.4 Å². The van der Waals surface area contributed by atoms with Gasteiger partial charge in [0.05, 0.1) is 12.1 Å². The molecule has 1 aliphatic heterocycles. The molecule has 0 bridgehead atoms. The third-order valence-corrected chi connectivity index (χ3v) is 6.47. The van der Waals surface area contributed by atoms with Crippen molar-refractivity contribution in [3.05, 3.63) is 11.6 Å². The highest BCUT2D eigenvalue weighted by molar-refractivity contribution is 5.90. The molecule has 0 aliphatic carbocycles. The van der Waals surface area contributed by atoms with Crippen molar-refractivity contribution >= 4 is 17.8 Å². The summed E-state index contributed by atoms with van der Waals surface area (Å²) in [5, 5.41) is 12.3. The number of nitrogens with one attached hydrogen (secondary N) is 1. The van der Waals surface area contributed by atoms with Crippen molar-refractivity contribution in [3.8, 4) is 0 Å². The number of carbonyl (C=O) groups is 3. The van der Waals surface area contributed by atoms with E-state index in [9.17, 15) is 19.5 Å². The first-order valence-corrected chi connectivity index (χ1v) is 11.7. The van der Waals surface area contributed by atoms with E-state index >= 15 is 0 Å². The molecule has 1 unspecified atom stereocenters. The molecule has 0 aromatic carbocycles. The summed E-state index contributed by atoms with van der Waals surface area (Å²) in [7, 11) is 1.69. The number of carboxylic acid groups (broad SMARTS) is 1. The Bertz CT molecular complexity index is 659. The molecule has 31 heavy (non-hydrogen) atoms. The lowest BCUT2D eigenvalue weighted by molar-refractivity contribution is -0.140. The van der Waals surface area contributed by atoms with Crippen molar-refractivity contribution in [1.82, 2.24) is 15.1 Å². The summed E-state index contributed by atoms with van der Waals surface area (Å²) in [4.78, 5) is 41.8. The molecule has 7 nitrogen and oxygen atoms in total. The van der Waals surface area contributed by atoms with Gasteiger partial charge in [0.25, 0.3) is 0 Å². The normalized spacial score (nSPS) is 21.0. The number of aliphatic carboxylic acids is 1. The van der Waals surface area contributed by atoms with Crippen molar-refractivity contribution in [2.24, 2.45) is 11.8 Å². The second-order valence-corrected chi connectivity index (χ2v) is 9.58. The number of hydrogen-bond acceptors (Lipinski definition) is 4. The van der Waals surface area contributed by atoms with Crippen LogP contribution in [0.3, 0.4) is 0 Å². The summed E-state index contributed by atoms with van der Waals surface area (Å²) in [6.45, 7) is 14.5. The van der Waals surface area contributed by atoms with Crippen LogP contribution in [0, 0.1) is 11.8 Å². The Balaban J connectivity index is 3.06. The molecule has 0 radical (unpaired) electrons. The summed E-state index contributed by atoms with van der Waals surface area (Å²) in [5.74, 6) is -1.33. The van der Waals surface area contributed by atoms with E-state index in [4.69, 9.17) is 0 Å². The first-order chi connectivity index (χ1) is 14.4. The topological polar surface area (TPSA) is 90.0 Å². The van der Waals surface area contributed by atoms with Gasteiger partial charge in [-0.05, 0) is 51.5 Å². The highest BCUT2D eigenvalue weighted by atomic mass is 16.4. The SMILES string of the molecule is CCC(C)N1CCCC[C@@H]1C(=O)N[C@H](C(=O)N(C)[C@H](C=C(C)C(=O)O)C(C)C)C(C)C. The number of likely N-dealkylation sites (N-methyl/N-ethyl adjacent to an activating group) is 1. The number of hydrogen-bond donors (Lipinski definition) is 2. The van der Waals surface area contributed by atoms with Gasteiger partial charge in [-0.1, -0.05) is 47.1 Å². The zero-order valence-electron chi connectivity index (χ0n) is 20.6. The first kappa shape index (κ1) is 27.1. The number of carboxylic acids is 1. The predicted octanol–water partition coefficient (Wildman–Crippen LogP) is 3.29. The number of carbonyl (C=O) groups excluding carboxylic acids is 2. The molecule has 1 rings (SSSR count). The van der Waals surface area contributed by atoms with E-state index in [1.165, 1.54) is 6.92 Å². The van der Waals surface area contributed by atoms with Crippen LogP contribution in [0.25, 0.3) is 0 Å². The van der Waals surface area contributed by atoms with Gasteiger partial charge in [0.1, 0.15) is 6.04 Å². The molecule has 1 fully saturated rings. The number of nitrogens with zero attached hydrogens (tertiary/aromatic N) is 2. The number of rotatable bonds is 10. The van der Waals surface area contributed by atoms with Gasteiger partial charge in [-0.2, -0.15) is 0 Å². The van der Waals surface area contributed by atoms with Crippen LogP contribution in [-0.2, 0) is 14.4 Å². The lowest BCUT2D eigenvalue weighted by Gasteiger charge is -2.40. The smallest absolute Gasteiger partial charge is 0.331 e. The van der Waals surface area contributed by atoms with E-state index < -0.39 is 12.0 Å². The minimum Gasteiger partial charge on any atom is -0.478 e. The second kappa shape index (κ2) is 12.2. The molecule has 4 atom stereocenters. The Hall–Kier alpha value is -1.89. The van der Waals surface area contributed by atoms with Crippen LogP contribution in [0.15, 0.2) is 11.6 Å². The summed E-state index contributed by atoms with van der Waals surface area (Å²) in [6.07, 6.45) is 5.51. The zero-order chi connectivity index (χ0) is 23.9. The molecule has 2 amide bonds. The third kappa shape index (κ3) is 7.34. The van der Waals surface area contributed by atoms with Crippen LogP contribution in [0.4, 0.5) is 0 Å². The van der Waals surface area contributed by atoms with Crippen LogP contribution in [0.1, 0.15) is 74.1 Å². The average Bonchev–Trinajstić information content (AvgIpc) is 2.73. The molecule has 0 aromatic rings. The van der Waals surface area contributed by atoms with Crippen molar-refractivity contribution in [2.45, 2.75) is 98.3 Å². The van der Waals surface area contributed by atoms with Gasteiger partial charge in [0.2, 0.25) is 11.8 Å². The maximum absolute atomic E-state index is 13.4. The molecule has 1 saturated heterocycles. The van der Waals surface area contributed by atoms with Gasteiger partial charge >= 0.3 is 5.97 Å². The van der Waals surface area contributed by atoms with Crippen molar-refractivity contribution in [3.63, 3.8) is 0 Å². The van der Waals surface area contributed by atoms with Gasteiger partial charge in [0.15, 0.2) is 0 Å². The van der Waals surface area contributed by atoms with Crippen LogP contribution in [0.5, 0.6) is 0 Å². The lowest BCUT2D eigenvalue weighted by Crippen LogP contribution is -2.59. The number of likely N-dealkylation sites (tertiary alicyclic amines) is 1. The first-order valence-electron chi connectivity index (χ1n) is 11.7.